The van der Waals surface area contributed by atoms with Gasteiger partial charge in [-0.15, -0.1) is 11.3 Å². The van der Waals surface area contributed by atoms with E-state index in [0.717, 1.165) is 168 Å². The van der Waals surface area contributed by atoms with Gasteiger partial charge in [-0.2, -0.15) is 30.2 Å². The van der Waals surface area contributed by atoms with E-state index in [1.54, 1.807) is 105 Å². The van der Waals surface area contributed by atoms with Crippen LogP contribution >= 0.6 is 57.7 Å². The Morgan fingerprint density at radius 1 is 0.440 bits per heavy atom. The molecule has 0 radical (unpaired) electrons. The quantitative estimate of drug-likeness (QED) is 0.0327. The van der Waals surface area contributed by atoms with Crippen molar-refractivity contribution in [3.05, 3.63) is 164 Å². The maximum atomic E-state index is 14.0. The number of aromatic nitrogens is 12. The van der Waals surface area contributed by atoms with Crippen LogP contribution in [0.1, 0.15) is 0 Å². The van der Waals surface area contributed by atoms with Crippen molar-refractivity contribution in [2.45, 2.75) is 14.7 Å². The maximum Gasteiger partial charge on any atom is 0.264 e. The summed E-state index contributed by atoms with van der Waals surface area (Å²) in [6.07, 6.45) is 5.23. The molecule has 15 rings (SSSR count). The Labute approximate surface area is 651 Å². The summed E-state index contributed by atoms with van der Waals surface area (Å²) >= 11 is 25.0. The zero-order chi connectivity index (χ0) is 76.4. The monoisotopic (exact) mass is 1640 g/mol. The van der Waals surface area contributed by atoms with Crippen LogP contribution in [0.2, 0.25) is 18.7 Å². The van der Waals surface area contributed by atoms with Gasteiger partial charge >= 0.3 is 0 Å². The second-order valence-electron chi connectivity index (χ2n) is 25.1. The first-order chi connectivity index (χ1) is 52.5. The zero-order valence-corrected chi connectivity index (χ0v) is 65.2. The number of hydrogen-bond donors (Lipinski definition) is 6. The molecule has 10 heterocycles. The lowest BCUT2D eigenvalue weighted by Gasteiger charge is -2.26. The number of anilines is 6. The van der Waals surface area contributed by atoms with Crippen LogP contribution in [0.25, 0.3) is 66.9 Å². The minimum atomic E-state index is -4.05. The molecule has 109 heavy (non-hydrogen) atoms. The van der Waals surface area contributed by atoms with Gasteiger partial charge in [-0.05, 0) is 66.7 Å². The van der Waals surface area contributed by atoms with E-state index in [4.69, 9.17) is 60.6 Å². The van der Waals surface area contributed by atoms with Gasteiger partial charge in [0.15, 0.2) is 16.9 Å². The van der Waals surface area contributed by atoms with Gasteiger partial charge in [-0.25, -0.2) is 58.6 Å². The summed E-state index contributed by atoms with van der Waals surface area (Å²) in [6, 6.07) is 31.5. The summed E-state index contributed by atoms with van der Waals surface area (Å²) < 4.78 is 119. The summed E-state index contributed by atoms with van der Waals surface area (Å²) in [5, 5.41) is 26.2. The van der Waals surface area contributed by atoms with Crippen LogP contribution in [0.4, 0.5) is 39.3 Å². The molecule has 7 aromatic heterocycles. The number of morpholine rings is 3. The summed E-state index contributed by atoms with van der Waals surface area (Å²) in [6.45, 7) is 15.0. The number of benzene rings is 5. The van der Waals surface area contributed by atoms with Gasteiger partial charge in [0.1, 0.15) is 41.9 Å². The molecule has 572 valence electrons. The van der Waals surface area contributed by atoms with E-state index in [9.17, 15) is 29.6 Å². The fraction of sp³-hybridized carbons (Fsp3) is 0.300. The molecule has 5 aromatic carbocycles. The third-order valence-electron chi connectivity index (χ3n) is 17.7. The lowest BCUT2D eigenvalue weighted by Crippen LogP contribution is -2.39. The number of hydrogen-bond acceptors (Lipinski definition) is 25. The first kappa shape index (κ1) is 78.1. The SMILES string of the molecule is Cn1nc(-c2ccc(NS(=O)(=O)c3cc(Cl)sc3Cl)cc2)c2cnc(NCCN3CCOCC3)nc21.Cn1nc(-c2ccc(NS(=O)(=O)c3cccc(Cl)c3Cl)cc2)c2cnc(NCCN3CCOCC3)nc21.Cn1nc(-c2ccc(NS(=O)(=O)c3ccccc3F)cc2)c2cnc(NCCN3CCOCC3)nc21. The third-order valence-corrected chi connectivity index (χ3v) is 24.6. The van der Waals surface area contributed by atoms with Crippen molar-refractivity contribution in [2.24, 2.45) is 21.1 Å². The van der Waals surface area contributed by atoms with E-state index in [1.807, 2.05) is 21.1 Å². The average molecular weight is 1640 g/mol. The van der Waals surface area contributed by atoms with E-state index >= 15 is 0 Å². The van der Waals surface area contributed by atoms with Gasteiger partial charge in [-0.3, -0.25) is 28.9 Å². The fourth-order valence-corrected chi connectivity index (χ4v) is 18.2. The Hall–Kier alpha value is -9.05. The van der Waals surface area contributed by atoms with Crippen LogP contribution in [0.3, 0.4) is 0 Å². The second kappa shape index (κ2) is 34.9. The van der Waals surface area contributed by atoms with Crippen molar-refractivity contribution >= 4 is 156 Å². The first-order valence-corrected chi connectivity index (χ1v) is 41.0. The van der Waals surface area contributed by atoms with Gasteiger partial charge in [-0.1, -0.05) is 101 Å². The predicted octanol–water partition coefficient (Wildman–Crippen LogP) is 10.5. The highest BCUT2D eigenvalue weighted by Gasteiger charge is 2.26. The lowest BCUT2D eigenvalue weighted by molar-refractivity contribution is 0.0398. The summed E-state index contributed by atoms with van der Waals surface area (Å²) in [7, 11) is -6.36. The molecule has 30 nitrogen and oxygen atoms in total. The molecule has 0 saturated carbocycles. The van der Waals surface area contributed by atoms with Crippen molar-refractivity contribution < 1.29 is 43.9 Å². The molecule has 0 unspecified atom stereocenters. The van der Waals surface area contributed by atoms with E-state index < -0.39 is 40.8 Å². The Morgan fingerprint density at radius 2 is 0.780 bits per heavy atom. The molecule has 3 fully saturated rings. The summed E-state index contributed by atoms with van der Waals surface area (Å²) in [5.41, 5.74) is 7.59. The minimum absolute atomic E-state index is 0.0248. The molecule has 3 aliphatic heterocycles. The van der Waals surface area contributed by atoms with Crippen LogP contribution < -0.4 is 30.1 Å². The first-order valence-electron chi connectivity index (χ1n) is 34.3. The predicted molar refractivity (Wildman–Crippen MR) is 422 cm³/mol. The van der Waals surface area contributed by atoms with Crippen LogP contribution in [0, 0.1) is 5.82 Å². The van der Waals surface area contributed by atoms with Crippen molar-refractivity contribution in [2.75, 3.05) is 148 Å². The molecule has 6 N–H and O–H groups in total. The van der Waals surface area contributed by atoms with E-state index in [1.165, 1.54) is 42.5 Å². The van der Waals surface area contributed by atoms with Crippen molar-refractivity contribution in [1.82, 2.24) is 73.9 Å². The number of aryl methyl sites for hydroxylation is 3. The number of sulfonamides is 3. The Kier molecular flexibility index (Phi) is 25.0. The topological polar surface area (TPSA) is 343 Å². The van der Waals surface area contributed by atoms with Gasteiger partial charge in [0, 0.05) is 152 Å². The van der Waals surface area contributed by atoms with Crippen LogP contribution in [0.5, 0.6) is 0 Å². The smallest absolute Gasteiger partial charge is 0.264 e. The number of thiophene rings is 1. The normalized spacial score (nSPS) is 14.8. The van der Waals surface area contributed by atoms with E-state index in [-0.39, 0.29) is 24.2 Å². The highest BCUT2D eigenvalue weighted by atomic mass is 35.5. The van der Waals surface area contributed by atoms with Crippen LogP contribution in [0.15, 0.2) is 155 Å². The van der Waals surface area contributed by atoms with E-state index in [2.05, 4.69) is 90.0 Å². The molecule has 0 spiro atoms. The Morgan fingerprint density at radius 3 is 1.13 bits per heavy atom. The van der Waals surface area contributed by atoms with Crippen molar-refractivity contribution in [3.8, 4) is 33.8 Å². The summed E-state index contributed by atoms with van der Waals surface area (Å²) in [5.74, 6) is 0.807. The van der Waals surface area contributed by atoms with Gasteiger partial charge < -0.3 is 30.2 Å². The number of fused-ring (bicyclic) bond motifs is 3. The van der Waals surface area contributed by atoms with Crippen molar-refractivity contribution in [1.29, 1.82) is 0 Å². The number of ether oxygens (including phenoxy) is 3. The average Bonchev–Trinajstić information content (AvgIpc) is 1.66. The van der Waals surface area contributed by atoms with Crippen LogP contribution in [-0.2, 0) is 65.4 Å². The zero-order valence-electron chi connectivity index (χ0n) is 58.9. The minimum Gasteiger partial charge on any atom is -0.379 e. The van der Waals surface area contributed by atoms with E-state index in [0.29, 0.717) is 73.3 Å². The molecule has 3 aliphatic rings. The number of nitrogens with zero attached hydrogens (tertiary/aromatic N) is 15. The number of halogens is 5. The molecular formula is C70H74Cl4FN21O9S4. The largest absolute Gasteiger partial charge is 0.379 e. The molecule has 12 aromatic rings. The molecule has 3 saturated heterocycles. The van der Waals surface area contributed by atoms with Crippen LogP contribution in [-0.4, -0.2) is 217 Å². The standard InChI is InChI=1S/C24H25Cl2N7O3S.C24H26FN7O3S.C22H23Cl2N7O3S2/c1-32-23-18(15-28-24(29-23)27-9-10-33-11-13-36-14-12-33)22(30-32)16-5-7-17(8-6-16)31-37(34,35)20-4-2-3-19(25)21(20)26;1-31-23-19(16-27-24(28-23)26-10-11-32-12-14-35-15-13-32)22(29-31)17-6-8-18(9-7-17)30-36(33,34)21-5-3-2-4-20(21)25;1-30-21-16(13-26-22(27-21)25-6-7-31-8-10-34-11-9-31)19(28-30)14-2-4-15(5-3-14)29-36(32,33)17-12-18(23)35-20(17)24/h2-8,15,31H,9-14H2,1H3,(H,27,28,29);2-9,16,30H,10-15H2,1H3,(H,26,27,28);2-5,12-13,29H,6-11H2,1H3,(H,25,26,27). The molecule has 0 atom stereocenters. The van der Waals surface area contributed by atoms with Crippen molar-refractivity contribution in [3.63, 3.8) is 0 Å². The van der Waals surface area contributed by atoms with Gasteiger partial charge in [0.2, 0.25) is 17.8 Å². The highest BCUT2D eigenvalue weighted by Crippen LogP contribution is 2.37. The lowest BCUT2D eigenvalue weighted by atomic mass is 10.1. The second-order valence-corrected chi connectivity index (χ2v) is 33.1. The molecule has 39 heteroatoms. The molecule has 0 bridgehead atoms. The molecule has 0 aliphatic carbocycles. The van der Waals surface area contributed by atoms with Gasteiger partial charge in [0.25, 0.3) is 30.1 Å². The number of nitrogens with one attached hydrogen (secondary N) is 6. The maximum absolute atomic E-state index is 14.0. The fourth-order valence-electron chi connectivity index (χ4n) is 12.0. The Bertz CT molecular complexity index is 5560. The Balaban J connectivity index is 0.000000144. The summed E-state index contributed by atoms with van der Waals surface area (Å²) in [4.78, 5) is 33.7. The molecule has 0 amide bonds. The third kappa shape index (κ3) is 19.2. The molecular weight excluding hydrogens is 1570 g/mol. The highest BCUT2D eigenvalue weighted by molar-refractivity contribution is 7.93. The number of rotatable bonds is 24. The van der Waals surface area contributed by atoms with Gasteiger partial charge in [0.05, 0.1) is 70.2 Å².